The first kappa shape index (κ1) is 27.9. The summed E-state index contributed by atoms with van der Waals surface area (Å²) in [7, 11) is 1.71. The number of urea groups is 1. The standard InChI is InChI=1S/C27H34FN5O4S/c1-30-18-25(34)32-23(11-14-38-2)26(35)31(12-13-37-19-21-9-6-10-22(28)15-21)17-24(32)33(30)27(36)29-16-20-7-4-3-5-8-20/h3-10,15,23-24H,11-14,16-19H2,1-2H3,(H,29,36)/t23-,24-/m0/s1. The first-order valence-corrected chi connectivity index (χ1v) is 14.0. The number of likely N-dealkylation sites (N-methyl/N-ethyl adjacent to an activating group) is 1. The van der Waals surface area contributed by atoms with Gasteiger partial charge in [-0.05, 0) is 41.7 Å². The van der Waals surface area contributed by atoms with E-state index in [2.05, 4.69) is 5.32 Å². The third-order valence-corrected chi connectivity index (χ3v) is 7.34. The molecule has 9 nitrogen and oxygen atoms in total. The molecular formula is C27H34FN5O4S. The van der Waals surface area contributed by atoms with Crippen LogP contribution in [0.15, 0.2) is 54.6 Å². The molecule has 204 valence electrons. The smallest absolute Gasteiger partial charge is 0.334 e. The molecule has 2 aromatic rings. The number of piperazine rings is 1. The van der Waals surface area contributed by atoms with E-state index in [4.69, 9.17) is 4.74 Å². The minimum Gasteiger partial charge on any atom is -0.375 e. The van der Waals surface area contributed by atoms with Gasteiger partial charge in [-0.15, -0.1) is 0 Å². The molecule has 2 fully saturated rings. The van der Waals surface area contributed by atoms with E-state index >= 15 is 0 Å². The molecular weight excluding hydrogens is 509 g/mol. The summed E-state index contributed by atoms with van der Waals surface area (Å²) in [4.78, 5) is 43.3. The van der Waals surface area contributed by atoms with Gasteiger partial charge in [-0.2, -0.15) is 11.8 Å². The van der Waals surface area contributed by atoms with Crippen molar-refractivity contribution in [3.05, 3.63) is 71.5 Å². The number of amides is 4. The van der Waals surface area contributed by atoms with Gasteiger partial charge in [0.15, 0.2) is 0 Å². The number of fused-ring (bicyclic) bond motifs is 1. The van der Waals surface area contributed by atoms with Gasteiger partial charge in [0, 0.05) is 20.1 Å². The molecule has 0 unspecified atom stereocenters. The van der Waals surface area contributed by atoms with Crippen LogP contribution in [0.4, 0.5) is 9.18 Å². The van der Waals surface area contributed by atoms with Crippen molar-refractivity contribution < 1.29 is 23.5 Å². The zero-order valence-corrected chi connectivity index (χ0v) is 22.5. The normalized spacial score (nSPS) is 20.0. The predicted octanol–water partition coefficient (Wildman–Crippen LogP) is 2.53. The molecule has 4 rings (SSSR count). The average molecular weight is 544 g/mol. The molecule has 38 heavy (non-hydrogen) atoms. The van der Waals surface area contributed by atoms with Gasteiger partial charge in [-0.25, -0.2) is 19.2 Å². The Bertz CT molecular complexity index is 1120. The lowest BCUT2D eigenvalue weighted by Crippen LogP contribution is -2.76. The molecule has 2 aromatic carbocycles. The van der Waals surface area contributed by atoms with Gasteiger partial charge in [0.2, 0.25) is 11.8 Å². The number of nitrogens with one attached hydrogen (secondary N) is 1. The molecule has 0 aliphatic carbocycles. The van der Waals surface area contributed by atoms with E-state index in [1.54, 1.807) is 50.8 Å². The summed E-state index contributed by atoms with van der Waals surface area (Å²) in [6, 6.07) is 14.8. The van der Waals surface area contributed by atoms with Crippen LogP contribution >= 0.6 is 11.8 Å². The van der Waals surface area contributed by atoms with Crippen LogP contribution in [0.5, 0.6) is 0 Å². The Morgan fingerprint density at radius 3 is 2.63 bits per heavy atom. The lowest BCUT2D eigenvalue weighted by molar-refractivity contribution is -0.187. The fraction of sp³-hybridized carbons (Fsp3) is 0.444. The number of nitrogens with zero attached hydrogens (tertiary/aromatic N) is 4. The number of carbonyl (C=O) groups is 3. The zero-order chi connectivity index (χ0) is 27.1. The highest BCUT2D eigenvalue weighted by Crippen LogP contribution is 2.28. The number of ether oxygens (including phenoxy) is 1. The van der Waals surface area contributed by atoms with Crippen LogP contribution in [-0.2, 0) is 27.5 Å². The first-order valence-electron chi connectivity index (χ1n) is 12.6. The molecule has 0 saturated carbocycles. The highest BCUT2D eigenvalue weighted by Gasteiger charge is 2.50. The van der Waals surface area contributed by atoms with Crippen LogP contribution in [-0.4, -0.2) is 95.2 Å². The summed E-state index contributed by atoms with van der Waals surface area (Å²) in [6.07, 6.45) is 1.81. The minimum atomic E-state index is -0.657. The summed E-state index contributed by atoms with van der Waals surface area (Å²) in [5.41, 5.74) is 1.67. The Balaban J connectivity index is 1.47. The van der Waals surface area contributed by atoms with E-state index in [0.29, 0.717) is 30.8 Å². The number of benzene rings is 2. The maximum absolute atomic E-state index is 13.5. The molecule has 2 aliphatic heterocycles. The fourth-order valence-corrected chi connectivity index (χ4v) is 5.32. The quantitative estimate of drug-likeness (QED) is 0.464. The predicted molar refractivity (Wildman–Crippen MR) is 143 cm³/mol. The monoisotopic (exact) mass is 543 g/mol. The van der Waals surface area contributed by atoms with Crippen LogP contribution in [0.3, 0.4) is 0 Å². The molecule has 2 aliphatic rings. The first-order chi connectivity index (χ1) is 18.4. The molecule has 1 N–H and O–H groups in total. The van der Waals surface area contributed by atoms with Gasteiger partial charge in [-0.3, -0.25) is 9.59 Å². The number of rotatable bonds is 10. The third-order valence-electron chi connectivity index (χ3n) is 6.69. The maximum atomic E-state index is 13.5. The Hall–Kier alpha value is -3.15. The Kier molecular flexibility index (Phi) is 9.59. The van der Waals surface area contributed by atoms with E-state index in [-0.39, 0.29) is 50.0 Å². The number of hydrazine groups is 1. The number of halogens is 1. The second-order valence-electron chi connectivity index (χ2n) is 9.35. The lowest BCUT2D eigenvalue weighted by Gasteiger charge is -2.54. The van der Waals surface area contributed by atoms with Gasteiger partial charge in [0.25, 0.3) is 0 Å². The average Bonchev–Trinajstić information content (AvgIpc) is 2.90. The molecule has 2 atom stereocenters. The largest absolute Gasteiger partial charge is 0.375 e. The summed E-state index contributed by atoms with van der Waals surface area (Å²) in [6.45, 7) is 1.29. The van der Waals surface area contributed by atoms with Crippen molar-refractivity contribution in [3.63, 3.8) is 0 Å². The van der Waals surface area contributed by atoms with E-state index < -0.39 is 12.2 Å². The van der Waals surface area contributed by atoms with Crippen molar-refractivity contribution in [2.75, 3.05) is 45.3 Å². The van der Waals surface area contributed by atoms with E-state index in [1.165, 1.54) is 12.1 Å². The van der Waals surface area contributed by atoms with Gasteiger partial charge >= 0.3 is 6.03 Å². The minimum absolute atomic E-state index is 0.00898. The second kappa shape index (κ2) is 13.1. The second-order valence-corrected chi connectivity index (χ2v) is 10.3. The fourth-order valence-electron chi connectivity index (χ4n) is 4.86. The number of hydrogen-bond acceptors (Lipinski definition) is 6. The van der Waals surface area contributed by atoms with Crippen LogP contribution < -0.4 is 5.32 Å². The molecule has 4 amide bonds. The van der Waals surface area contributed by atoms with E-state index in [1.807, 2.05) is 36.6 Å². The SMILES string of the molecule is CSCC[C@H]1C(=O)N(CCOCc2cccc(F)c2)C[C@H]2N1C(=O)CN(C)N2C(=O)NCc1ccccc1. The summed E-state index contributed by atoms with van der Waals surface area (Å²) >= 11 is 1.61. The molecule has 0 bridgehead atoms. The van der Waals surface area contributed by atoms with Crippen LogP contribution in [0.2, 0.25) is 0 Å². The molecule has 11 heteroatoms. The van der Waals surface area contributed by atoms with Gasteiger partial charge in [0.1, 0.15) is 18.0 Å². The summed E-state index contributed by atoms with van der Waals surface area (Å²) in [5.74, 6) is 0.0522. The van der Waals surface area contributed by atoms with Crippen molar-refractivity contribution >= 4 is 29.6 Å². The maximum Gasteiger partial charge on any atom is 0.334 e. The summed E-state index contributed by atoms with van der Waals surface area (Å²) < 4.78 is 19.2. The van der Waals surface area contributed by atoms with Gasteiger partial charge < -0.3 is 19.9 Å². The Morgan fingerprint density at radius 1 is 1.13 bits per heavy atom. The van der Waals surface area contributed by atoms with Crippen LogP contribution in [0, 0.1) is 5.82 Å². The van der Waals surface area contributed by atoms with E-state index in [0.717, 1.165) is 5.56 Å². The van der Waals surface area contributed by atoms with Crippen molar-refractivity contribution in [3.8, 4) is 0 Å². The molecule has 0 spiro atoms. The number of carbonyl (C=O) groups excluding carboxylic acids is 3. The van der Waals surface area contributed by atoms with Gasteiger partial charge in [-0.1, -0.05) is 42.5 Å². The van der Waals surface area contributed by atoms with Crippen molar-refractivity contribution in [2.45, 2.75) is 31.8 Å². The molecule has 0 radical (unpaired) electrons. The van der Waals surface area contributed by atoms with Crippen molar-refractivity contribution in [1.29, 1.82) is 0 Å². The Labute approximate surface area is 226 Å². The van der Waals surface area contributed by atoms with Gasteiger partial charge in [0.05, 0.1) is 26.3 Å². The molecule has 2 saturated heterocycles. The highest BCUT2D eigenvalue weighted by molar-refractivity contribution is 7.98. The van der Waals surface area contributed by atoms with Crippen LogP contribution in [0.25, 0.3) is 0 Å². The third kappa shape index (κ3) is 6.64. The van der Waals surface area contributed by atoms with Crippen molar-refractivity contribution in [1.82, 2.24) is 25.1 Å². The number of hydrogen-bond donors (Lipinski definition) is 1. The molecule has 0 aromatic heterocycles. The van der Waals surface area contributed by atoms with Crippen molar-refractivity contribution in [2.24, 2.45) is 0 Å². The number of thioether (sulfide) groups is 1. The lowest BCUT2D eigenvalue weighted by atomic mass is 10.0. The highest BCUT2D eigenvalue weighted by atomic mass is 32.2. The van der Waals surface area contributed by atoms with Crippen LogP contribution in [0.1, 0.15) is 17.5 Å². The topological polar surface area (TPSA) is 85.4 Å². The van der Waals surface area contributed by atoms with E-state index in [9.17, 15) is 18.8 Å². The molecule has 2 heterocycles. The summed E-state index contributed by atoms with van der Waals surface area (Å²) in [5, 5.41) is 6.11. The Morgan fingerprint density at radius 2 is 1.89 bits per heavy atom. The zero-order valence-electron chi connectivity index (χ0n) is 21.7.